The molecule has 0 aromatic heterocycles. The van der Waals surface area contributed by atoms with E-state index >= 15 is 0 Å². The Hall–Kier alpha value is -0.660. The van der Waals surface area contributed by atoms with Crippen LogP contribution >= 0.6 is 0 Å². The second kappa shape index (κ2) is 4.18. The summed E-state index contributed by atoms with van der Waals surface area (Å²) in [5.41, 5.74) is 0. The molecule has 0 aromatic carbocycles. The Balaban J connectivity index is 1.38. The summed E-state index contributed by atoms with van der Waals surface area (Å²) in [5, 5.41) is 5.12. The van der Waals surface area contributed by atoms with Crippen LogP contribution in [0, 0.1) is 29.6 Å². The zero-order valence-corrected chi connectivity index (χ0v) is 12.3. The Morgan fingerprint density at radius 3 is 2.05 bits per heavy atom. The number of rotatable bonds is 2. The average molecular weight is 299 g/mol. The number of hydrogen-bond donors (Lipinski definition) is 1. The molecule has 7 heteroatoms. The first-order valence-electron chi connectivity index (χ1n) is 7.53. The molecule has 4 unspecified atom stereocenters. The number of amides is 1. The zero-order chi connectivity index (χ0) is 14.1. The van der Waals surface area contributed by atoms with Gasteiger partial charge in [0.25, 0.3) is 10.2 Å². The molecular weight excluding hydrogens is 278 g/mol. The molecule has 2 bridgehead atoms. The van der Waals surface area contributed by atoms with E-state index in [2.05, 4.69) is 0 Å². The van der Waals surface area contributed by atoms with Gasteiger partial charge in [0.2, 0.25) is 5.91 Å². The van der Waals surface area contributed by atoms with Crippen molar-refractivity contribution in [2.24, 2.45) is 34.7 Å². The van der Waals surface area contributed by atoms with Gasteiger partial charge in [-0.1, -0.05) is 0 Å². The highest BCUT2D eigenvalue weighted by Gasteiger charge is 2.68. The minimum Gasteiger partial charge on any atom is -0.340 e. The van der Waals surface area contributed by atoms with E-state index < -0.39 is 10.2 Å². The highest BCUT2D eigenvalue weighted by molar-refractivity contribution is 7.86. The molecule has 6 nitrogen and oxygen atoms in total. The van der Waals surface area contributed by atoms with Crippen molar-refractivity contribution in [3.8, 4) is 0 Å². The third-order valence-electron chi connectivity index (χ3n) is 5.93. The summed E-state index contributed by atoms with van der Waals surface area (Å²) in [7, 11) is -3.61. The molecule has 4 rings (SSSR count). The Kier molecular flexibility index (Phi) is 2.72. The third-order valence-corrected chi connectivity index (χ3v) is 7.02. The van der Waals surface area contributed by atoms with Crippen LogP contribution in [0.3, 0.4) is 0 Å². The van der Waals surface area contributed by atoms with E-state index in [0.717, 1.165) is 11.8 Å². The summed E-state index contributed by atoms with van der Waals surface area (Å²) in [6.07, 6.45) is 3.97. The number of nitrogens with zero attached hydrogens (tertiary/aromatic N) is 2. The number of fused-ring (bicyclic) bond motifs is 5. The second-order valence-electron chi connectivity index (χ2n) is 6.78. The lowest BCUT2D eigenvalue weighted by atomic mass is 10.0. The molecule has 0 spiro atoms. The second-order valence-corrected chi connectivity index (χ2v) is 8.33. The lowest BCUT2D eigenvalue weighted by Crippen LogP contribution is -2.52. The minimum atomic E-state index is -3.61. The monoisotopic (exact) mass is 299 g/mol. The van der Waals surface area contributed by atoms with Gasteiger partial charge in [-0.3, -0.25) is 4.79 Å². The molecule has 4 fully saturated rings. The van der Waals surface area contributed by atoms with Gasteiger partial charge in [0.05, 0.1) is 0 Å². The van der Waals surface area contributed by atoms with Gasteiger partial charge >= 0.3 is 0 Å². The zero-order valence-electron chi connectivity index (χ0n) is 11.4. The number of nitrogens with two attached hydrogens (primary N) is 1. The van der Waals surface area contributed by atoms with Crippen LogP contribution in [-0.4, -0.2) is 49.7 Å². The first-order valence-corrected chi connectivity index (χ1v) is 9.04. The quantitative estimate of drug-likeness (QED) is 0.755. The van der Waals surface area contributed by atoms with Gasteiger partial charge in [-0.2, -0.15) is 12.7 Å². The largest absolute Gasteiger partial charge is 0.340 e. The fourth-order valence-corrected chi connectivity index (χ4v) is 5.70. The van der Waals surface area contributed by atoms with Crippen molar-refractivity contribution < 1.29 is 13.2 Å². The van der Waals surface area contributed by atoms with Gasteiger partial charge in [0.1, 0.15) is 0 Å². The van der Waals surface area contributed by atoms with E-state index in [1.165, 1.54) is 23.6 Å². The molecule has 0 radical (unpaired) electrons. The molecule has 1 aliphatic heterocycles. The Labute approximate surface area is 119 Å². The minimum absolute atomic E-state index is 0.252. The van der Waals surface area contributed by atoms with Crippen molar-refractivity contribution >= 4 is 16.1 Å². The van der Waals surface area contributed by atoms with Crippen molar-refractivity contribution in [3.63, 3.8) is 0 Å². The predicted molar refractivity (Wildman–Crippen MR) is 72.6 cm³/mol. The molecule has 2 N–H and O–H groups in total. The van der Waals surface area contributed by atoms with Crippen LogP contribution in [0.1, 0.15) is 19.3 Å². The molecule has 3 saturated carbocycles. The fourth-order valence-electron chi connectivity index (χ4n) is 5.03. The topological polar surface area (TPSA) is 83.7 Å². The molecule has 1 heterocycles. The summed E-state index contributed by atoms with van der Waals surface area (Å²) < 4.78 is 23.8. The van der Waals surface area contributed by atoms with E-state index in [1.54, 1.807) is 0 Å². The van der Waals surface area contributed by atoms with Gasteiger partial charge in [0.15, 0.2) is 0 Å². The number of hydrogen-bond acceptors (Lipinski definition) is 3. The van der Waals surface area contributed by atoms with Crippen LogP contribution < -0.4 is 5.14 Å². The summed E-state index contributed by atoms with van der Waals surface area (Å²) in [5.74, 6) is 3.41. The lowest BCUT2D eigenvalue weighted by molar-refractivity contribution is -0.134. The lowest BCUT2D eigenvalue weighted by Gasteiger charge is -2.33. The van der Waals surface area contributed by atoms with E-state index in [1.807, 2.05) is 4.90 Å². The van der Waals surface area contributed by atoms with Gasteiger partial charge < -0.3 is 4.90 Å². The van der Waals surface area contributed by atoms with Crippen LogP contribution in [0.2, 0.25) is 0 Å². The highest BCUT2D eigenvalue weighted by Crippen LogP contribution is 2.69. The first kappa shape index (κ1) is 13.0. The molecule has 1 saturated heterocycles. The van der Waals surface area contributed by atoms with E-state index in [0.29, 0.717) is 38.0 Å². The smallest absolute Gasteiger partial charge is 0.277 e. The van der Waals surface area contributed by atoms with Crippen LogP contribution in [0.4, 0.5) is 0 Å². The molecular formula is C13H21N3O3S. The Morgan fingerprint density at radius 2 is 1.55 bits per heavy atom. The first-order chi connectivity index (χ1) is 9.47. The molecule has 112 valence electrons. The molecule has 3 aliphatic carbocycles. The Bertz CT molecular complexity index is 525. The van der Waals surface area contributed by atoms with Crippen molar-refractivity contribution in [1.29, 1.82) is 0 Å². The van der Waals surface area contributed by atoms with Crippen molar-refractivity contribution in [2.75, 3.05) is 26.2 Å². The molecule has 4 atom stereocenters. The van der Waals surface area contributed by atoms with E-state index in [9.17, 15) is 13.2 Å². The van der Waals surface area contributed by atoms with Crippen LogP contribution in [-0.2, 0) is 15.0 Å². The maximum Gasteiger partial charge on any atom is 0.277 e. The van der Waals surface area contributed by atoms with Crippen molar-refractivity contribution in [2.45, 2.75) is 19.3 Å². The molecule has 4 aliphatic rings. The molecule has 20 heavy (non-hydrogen) atoms. The normalized spacial score (nSPS) is 43.6. The third kappa shape index (κ3) is 1.83. The van der Waals surface area contributed by atoms with Crippen LogP contribution in [0.15, 0.2) is 0 Å². The average Bonchev–Trinajstić information content (AvgIpc) is 2.84. The van der Waals surface area contributed by atoms with E-state index in [4.69, 9.17) is 5.14 Å². The molecule has 1 amide bonds. The SMILES string of the molecule is NS(=O)(=O)N1CCN(C(=O)C2C3C4CCC(C4)C23)CC1. The van der Waals surface area contributed by atoms with Crippen LogP contribution in [0.5, 0.6) is 0 Å². The summed E-state index contributed by atoms with van der Waals surface area (Å²) in [6, 6.07) is 0. The van der Waals surface area contributed by atoms with E-state index in [-0.39, 0.29) is 11.8 Å². The van der Waals surface area contributed by atoms with Gasteiger partial charge in [-0.05, 0) is 42.9 Å². The van der Waals surface area contributed by atoms with Gasteiger partial charge in [-0.15, -0.1) is 0 Å². The summed E-state index contributed by atoms with van der Waals surface area (Å²) in [6.45, 7) is 1.64. The Morgan fingerprint density at radius 1 is 1.00 bits per heavy atom. The maximum absolute atomic E-state index is 12.6. The predicted octanol–water partition coefficient (Wildman–Crippen LogP) is -0.374. The van der Waals surface area contributed by atoms with Crippen molar-refractivity contribution in [1.82, 2.24) is 9.21 Å². The maximum atomic E-state index is 12.6. The standard InChI is InChI=1S/C13H21N3O3S/c14-20(18,19)16-5-3-15(4-6-16)13(17)12-10-8-1-2-9(7-8)11(10)12/h8-12H,1-7H2,(H2,14,18,19). The molecule has 0 aromatic rings. The fraction of sp³-hybridized carbons (Fsp3) is 0.923. The number of piperazine rings is 1. The number of carbonyl (C=O) groups excluding carboxylic acids is 1. The summed E-state index contributed by atoms with van der Waals surface area (Å²) in [4.78, 5) is 14.4. The number of carbonyl (C=O) groups is 1. The van der Waals surface area contributed by atoms with Crippen molar-refractivity contribution in [3.05, 3.63) is 0 Å². The summed E-state index contributed by atoms with van der Waals surface area (Å²) >= 11 is 0. The van der Waals surface area contributed by atoms with Crippen LogP contribution in [0.25, 0.3) is 0 Å². The van der Waals surface area contributed by atoms with Gasteiger partial charge in [-0.25, -0.2) is 5.14 Å². The highest BCUT2D eigenvalue weighted by atomic mass is 32.2. The van der Waals surface area contributed by atoms with Gasteiger partial charge in [0, 0.05) is 32.1 Å².